The fraction of sp³-hybridized carbons (Fsp3) is 0.562. The first-order valence-electron chi connectivity index (χ1n) is 7.55. The van der Waals surface area contributed by atoms with Crippen molar-refractivity contribution in [2.24, 2.45) is 5.73 Å². The van der Waals surface area contributed by atoms with Gasteiger partial charge in [0.15, 0.2) is 0 Å². The Labute approximate surface area is 127 Å². The summed E-state index contributed by atoms with van der Waals surface area (Å²) in [6.45, 7) is 4.02. The molecule has 1 aromatic carbocycles. The van der Waals surface area contributed by atoms with Crippen LogP contribution in [-0.2, 0) is 0 Å². The molecule has 0 bridgehead atoms. The minimum absolute atomic E-state index is 0.0338. The summed E-state index contributed by atoms with van der Waals surface area (Å²) in [4.78, 5) is 16.5. The lowest BCUT2D eigenvalue weighted by molar-refractivity contribution is 0.156. The highest BCUT2D eigenvalue weighted by Gasteiger charge is 2.23. The molecule has 2 rings (SSSR count). The molecule has 21 heavy (non-hydrogen) atoms. The zero-order valence-electron chi connectivity index (χ0n) is 13.2. The summed E-state index contributed by atoms with van der Waals surface area (Å²) in [7, 11) is 4.00. The number of amides is 2. The summed E-state index contributed by atoms with van der Waals surface area (Å²) in [6, 6.07) is 7.96. The molecule has 5 nitrogen and oxygen atoms in total. The van der Waals surface area contributed by atoms with E-state index in [2.05, 4.69) is 17.3 Å². The van der Waals surface area contributed by atoms with E-state index in [-0.39, 0.29) is 12.1 Å². The number of nitrogens with one attached hydrogen (secondary N) is 1. The molecule has 5 heteroatoms. The normalized spacial score (nSPS) is 18.3. The number of carbonyl (C=O) groups is 1. The molecule has 1 aliphatic heterocycles. The molecule has 0 saturated carbocycles. The number of hydrogen-bond donors (Lipinski definition) is 2. The molecule has 0 spiro atoms. The van der Waals surface area contributed by atoms with Gasteiger partial charge in [-0.3, -0.25) is 0 Å². The number of nitrogens with two attached hydrogens (primary N) is 1. The van der Waals surface area contributed by atoms with Crippen LogP contribution in [0.4, 0.5) is 10.5 Å². The van der Waals surface area contributed by atoms with Crippen molar-refractivity contribution >= 4 is 11.7 Å². The summed E-state index contributed by atoms with van der Waals surface area (Å²) >= 11 is 0. The highest BCUT2D eigenvalue weighted by atomic mass is 16.2. The highest BCUT2D eigenvalue weighted by molar-refractivity contribution is 5.89. The van der Waals surface area contributed by atoms with Crippen molar-refractivity contribution in [3.05, 3.63) is 29.8 Å². The van der Waals surface area contributed by atoms with Gasteiger partial charge in [0.1, 0.15) is 0 Å². The van der Waals surface area contributed by atoms with E-state index in [4.69, 9.17) is 5.73 Å². The van der Waals surface area contributed by atoms with Gasteiger partial charge in [-0.1, -0.05) is 12.1 Å². The predicted molar refractivity (Wildman–Crippen MR) is 86.3 cm³/mol. The number of likely N-dealkylation sites (tertiary alicyclic amines) is 1. The number of hydrogen-bond acceptors (Lipinski definition) is 3. The standard InChI is InChI=1S/C16H26N4O/c1-12(17)13-5-4-6-14(11-13)18-16(21)20(3)15-7-9-19(2)10-8-15/h4-6,11-12,15H,7-10,17H2,1-3H3,(H,18,21). The second kappa shape index (κ2) is 6.91. The maximum Gasteiger partial charge on any atom is 0.321 e. The molecule has 1 aromatic rings. The Morgan fingerprint density at radius 2 is 2.10 bits per heavy atom. The largest absolute Gasteiger partial charge is 0.325 e. The third-order valence-electron chi connectivity index (χ3n) is 4.22. The maximum absolute atomic E-state index is 12.3. The second-order valence-corrected chi connectivity index (χ2v) is 5.99. The number of rotatable bonds is 3. The van der Waals surface area contributed by atoms with Crippen molar-refractivity contribution in [2.75, 3.05) is 32.5 Å². The molecule has 1 atom stereocenters. The molecule has 116 valence electrons. The van der Waals surface area contributed by atoms with Gasteiger partial charge >= 0.3 is 6.03 Å². The molecular weight excluding hydrogens is 264 g/mol. The Bertz CT molecular complexity index is 481. The Balaban J connectivity index is 1.96. The number of urea groups is 1. The fourth-order valence-electron chi connectivity index (χ4n) is 2.66. The topological polar surface area (TPSA) is 61.6 Å². The van der Waals surface area contributed by atoms with Crippen molar-refractivity contribution in [3.8, 4) is 0 Å². The van der Waals surface area contributed by atoms with E-state index in [1.54, 1.807) is 0 Å². The summed E-state index contributed by atoms with van der Waals surface area (Å²) in [5.41, 5.74) is 7.70. The minimum atomic E-state index is -0.0497. The molecule has 3 N–H and O–H groups in total. The van der Waals surface area contributed by atoms with Crippen molar-refractivity contribution < 1.29 is 4.79 Å². The second-order valence-electron chi connectivity index (χ2n) is 5.99. The van der Waals surface area contributed by atoms with Crippen LogP contribution in [0.3, 0.4) is 0 Å². The molecule has 1 unspecified atom stereocenters. The van der Waals surface area contributed by atoms with Gasteiger partial charge in [0.2, 0.25) is 0 Å². The average Bonchev–Trinajstić information content (AvgIpc) is 2.47. The summed E-state index contributed by atoms with van der Waals surface area (Å²) in [5.74, 6) is 0. The molecule has 2 amide bonds. The van der Waals surface area contributed by atoms with Crippen LogP contribution in [0.5, 0.6) is 0 Å². The quantitative estimate of drug-likeness (QED) is 0.897. The first-order valence-corrected chi connectivity index (χ1v) is 7.55. The summed E-state index contributed by atoms with van der Waals surface area (Å²) in [6.07, 6.45) is 2.06. The number of benzene rings is 1. The van der Waals surface area contributed by atoms with Gasteiger partial charge in [-0.25, -0.2) is 4.79 Å². The van der Waals surface area contributed by atoms with E-state index < -0.39 is 0 Å². The van der Waals surface area contributed by atoms with Gasteiger partial charge in [-0.15, -0.1) is 0 Å². The number of carbonyl (C=O) groups excluding carboxylic acids is 1. The third-order valence-corrected chi connectivity index (χ3v) is 4.22. The zero-order chi connectivity index (χ0) is 15.4. The summed E-state index contributed by atoms with van der Waals surface area (Å²) < 4.78 is 0. The monoisotopic (exact) mass is 290 g/mol. The lowest BCUT2D eigenvalue weighted by Gasteiger charge is -2.35. The van der Waals surface area contributed by atoms with Crippen LogP contribution >= 0.6 is 0 Å². The van der Waals surface area contributed by atoms with Crippen LogP contribution in [0.25, 0.3) is 0 Å². The average molecular weight is 290 g/mol. The molecule has 0 aromatic heterocycles. The lowest BCUT2D eigenvalue weighted by atomic mass is 10.0. The van der Waals surface area contributed by atoms with Gasteiger partial charge in [-0.2, -0.15) is 0 Å². The Kier molecular flexibility index (Phi) is 5.20. The van der Waals surface area contributed by atoms with Crippen LogP contribution in [0.2, 0.25) is 0 Å². The summed E-state index contributed by atoms with van der Waals surface area (Å²) in [5, 5.41) is 2.96. The maximum atomic E-state index is 12.3. The SMILES string of the molecule is CC(N)c1cccc(NC(=O)N(C)C2CCN(C)CC2)c1. The molecule has 0 radical (unpaired) electrons. The van der Waals surface area contributed by atoms with E-state index in [0.717, 1.165) is 37.2 Å². The van der Waals surface area contributed by atoms with Gasteiger partial charge in [0.05, 0.1) is 0 Å². The molecule has 1 fully saturated rings. The first kappa shape index (κ1) is 15.8. The first-order chi connectivity index (χ1) is 9.97. The van der Waals surface area contributed by atoms with Crippen LogP contribution in [-0.4, -0.2) is 49.1 Å². The zero-order valence-corrected chi connectivity index (χ0v) is 13.2. The van der Waals surface area contributed by atoms with Crippen LogP contribution < -0.4 is 11.1 Å². The van der Waals surface area contributed by atoms with Gasteiger partial charge in [0.25, 0.3) is 0 Å². The molecular formula is C16H26N4O. The van der Waals surface area contributed by atoms with Crippen molar-refractivity contribution in [3.63, 3.8) is 0 Å². The van der Waals surface area contributed by atoms with Crippen molar-refractivity contribution in [2.45, 2.75) is 31.8 Å². The highest BCUT2D eigenvalue weighted by Crippen LogP contribution is 2.18. The Hall–Kier alpha value is -1.59. The molecule has 1 aliphatic rings. The number of anilines is 1. The lowest BCUT2D eigenvalue weighted by Crippen LogP contribution is -2.46. The van der Waals surface area contributed by atoms with E-state index in [1.165, 1.54) is 0 Å². The van der Waals surface area contributed by atoms with E-state index in [1.807, 2.05) is 43.1 Å². The molecule has 1 heterocycles. The number of piperidine rings is 1. The van der Waals surface area contributed by atoms with E-state index in [0.29, 0.717) is 6.04 Å². The number of nitrogens with zero attached hydrogens (tertiary/aromatic N) is 2. The van der Waals surface area contributed by atoms with Gasteiger partial charge < -0.3 is 20.9 Å². The smallest absolute Gasteiger partial charge is 0.321 e. The van der Waals surface area contributed by atoms with Crippen LogP contribution in [0, 0.1) is 0 Å². The van der Waals surface area contributed by atoms with E-state index in [9.17, 15) is 4.79 Å². The van der Waals surface area contributed by atoms with Crippen molar-refractivity contribution in [1.29, 1.82) is 0 Å². The Morgan fingerprint density at radius 3 is 2.71 bits per heavy atom. The Morgan fingerprint density at radius 1 is 1.43 bits per heavy atom. The fourth-order valence-corrected chi connectivity index (χ4v) is 2.66. The van der Waals surface area contributed by atoms with Crippen LogP contribution in [0.15, 0.2) is 24.3 Å². The molecule has 0 aliphatic carbocycles. The minimum Gasteiger partial charge on any atom is -0.325 e. The third kappa shape index (κ3) is 4.19. The van der Waals surface area contributed by atoms with Gasteiger partial charge in [0, 0.05) is 24.8 Å². The van der Waals surface area contributed by atoms with Crippen LogP contribution in [0.1, 0.15) is 31.4 Å². The predicted octanol–water partition coefficient (Wildman–Crippen LogP) is 2.26. The van der Waals surface area contributed by atoms with Crippen molar-refractivity contribution in [1.82, 2.24) is 9.80 Å². The molecule has 1 saturated heterocycles. The van der Waals surface area contributed by atoms with E-state index >= 15 is 0 Å². The van der Waals surface area contributed by atoms with Gasteiger partial charge in [-0.05, 0) is 57.6 Å².